The molecule has 1 aliphatic rings. The first-order valence-corrected chi connectivity index (χ1v) is 7.21. The number of nitrogens with zero attached hydrogens (tertiary/aromatic N) is 1. The number of rotatable bonds is 5. The van der Waals surface area contributed by atoms with E-state index in [1.807, 2.05) is 12.1 Å². The first-order valence-electron chi connectivity index (χ1n) is 7.21. The molecule has 1 N–H and O–H groups in total. The number of benzene rings is 1. The summed E-state index contributed by atoms with van der Waals surface area (Å²) in [6.45, 7) is 3.81. The number of ether oxygens (including phenoxy) is 1. The standard InChI is InChI=1S/C16H23NO3/c1-12-11-14(8-10-20-12)17(2)9-7-13-5-3-4-6-15(13)16(18)19/h3-6,12,14H,7-11H2,1-2H3,(H,18,19). The van der Waals surface area contributed by atoms with Gasteiger partial charge in [0.05, 0.1) is 11.7 Å². The van der Waals surface area contributed by atoms with Crippen LogP contribution in [-0.2, 0) is 11.2 Å². The number of hydrogen-bond donors (Lipinski definition) is 1. The molecule has 110 valence electrons. The average Bonchev–Trinajstić information content (AvgIpc) is 2.45. The lowest BCUT2D eigenvalue weighted by Gasteiger charge is -2.34. The van der Waals surface area contributed by atoms with Crippen molar-refractivity contribution in [2.75, 3.05) is 20.2 Å². The van der Waals surface area contributed by atoms with Crippen LogP contribution in [0.15, 0.2) is 24.3 Å². The van der Waals surface area contributed by atoms with Crippen LogP contribution in [0.5, 0.6) is 0 Å². The van der Waals surface area contributed by atoms with Gasteiger partial charge in [-0.2, -0.15) is 0 Å². The molecule has 1 fully saturated rings. The molecule has 4 nitrogen and oxygen atoms in total. The molecule has 1 aromatic carbocycles. The Morgan fingerprint density at radius 1 is 1.45 bits per heavy atom. The van der Waals surface area contributed by atoms with Crippen molar-refractivity contribution in [1.29, 1.82) is 0 Å². The van der Waals surface area contributed by atoms with Gasteiger partial charge in [0.1, 0.15) is 0 Å². The maximum absolute atomic E-state index is 11.2. The van der Waals surface area contributed by atoms with Crippen molar-refractivity contribution in [2.24, 2.45) is 0 Å². The molecule has 0 aromatic heterocycles. The van der Waals surface area contributed by atoms with Crippen LogP contribution in [0.1, 0.15) is 35.7 Å². The molecular weight excluding hydrogens is 254 g/mol. The first kappa shape index (κ1) is 15.0. The smallest absolute Gasteiger partial charge is 0.335 e. The summed E-state index contributed by atoms with van der Waals surface area (Å²) >= 11 is 0. The van der Waals surface area contributed by atoms with E-state index in [1.54, 1.807) is 12.1 Å². The van der Waals surface area contributed by atoms with E-state index in [1.165, 1.54) is 0 Å². The quantitative estimate of drug-likeness (QED) is 0.898. The van der Waals surface area contributed by atoms with Crippen LogP contribution in [0.4, 0.5) is 0 Å². The molecule has 1 saturated heterocycles. The lowest BCUT2D eigenvalue weighted by Crippen LogP contribution is -2.40. The number of likely N-dealkylation sites (N-methyl/N-ethyl adjacent to an activating group) is 1. The molecule has 0 aliphatic carbocycles. The van der Waals surface area contributed by atoms with Gasteiger partial charge in [-0.1, -0.05) is 18.2 Å². The van der Waals surface area contributed by atoms with Crippen LogP contribution in [0.25, 0.3) is 0 Å². The van der Waals surface area contributed by atoms with Crippen LogP contribution in [0, 0.1) is 0 Å². The maximum atomic E-state index is 11.2. The Labute approximate surface area is 120 Å². The summed E-state index contributed by atoms with van der Waals surface area (Å²) in [7, 11) is 2.12. The van der Waals surface area contributed by atoms with Crippen molar-refractivity contribution >= 4 is 5.97 Å². The van der Waals surface area contributed by atoms with Crippen LogP contribution in [0.3, 0.4) is 0 Å². The Hall–Kier alpha value is -1.39. The molecule has 0 amide bonds. The lowest BCUT2D eigenvalue weighted by molar-refractivity contribution is -0.0114. The van der Waals surface area contributed by atoms with E-state index in [-0.39, 0.29) is 0 Å². The minimum atomic E-state index is -0.844. The molecule has 1 aliphatic heterocycles. The highest BCUT2D eigenvalue weighted by Gasteiger charge is 2.22. The van der Waals surface area contributed by atoms with Crippen molar-refractivity contribution in [2.45, 2.75) is 38.3 Å². The molecule has 1 aromatic rings. The molecule has 0 saturated carbocycles. The Bertz CT molecular complexity index is 461. The summed E-state index contributed by atoms with van der Waals surface area (Å²) in [5, 5.41) is 9.18. The van der Waals surface area contributed by atoms with Crippen LogP contribution >= 0.6 is 0 Å². The third-order valence-corrected chi connectivity index (χ3v) is 4.06. The minimum absolute atomic E-state index is 0.322. The minimum Gasteiger partial charge on any atom is -0.478 e. The van der Waals surface area contributed by atoms with Gasteiger partial charge in [-0.05, 0) is 44.9 Å². The number of hydrogen-bond acceptors (Lipinski definition) is 3. The van der Waals surface area contributed by atoms with Gasteiger partial charge in [0.2, 0.25) is 0 Å². The molecule has 20 heavy (non-hydrogen) atoms. The van der Waals surface area contributed by atoms with E-state index < -0.39 is 5.97 Å². The van der Waals surface area contributed by atoms with Gasteiger partial charge in [-0.25, -0.2) is 4.79 Å². The molecule has 0 bridgehead atoms. The maximum Gasteiger partial charge on any atom is 0.335 e. The molecule has 1 heterocycles. The number of carbonyl (C=O) groups is 1. The van der Waals surface area contributed by atoms with E-state index in [9.17, 15) is 9.90 Å². The monoisotopic (exact) mass is 277 g/mol. The van der Waals surface area contributed by atoms with Gasteiger partial charge in [-0.3, -0.25) is 0 Å². The van der Waals surface area contributed by atoms with E-state index in [4.69, 9.17) is 4.74 Å². The van der Waals surface area contributed by atoms with Gasteiger partial charge in [0.25, 0.3) is 0 Å². The van der Waals surface area contributed by atoms with Crippen LogP contribution in [0.2, 0.25) is 0 Å². The van der Waals surface area contributed by atoms with Crippen molar-refractivity contribution in [1.82, 2.24) is 4.90 Å². The van der Waals surface area contributed by atoms with E-state index in [0.717, 1.165) is 38.0 Å². The normalized spacial score (nSPS) is 22.9. The zero-order chi connectivity index (χ0) is 14.5. The van der Waals surface area contributed by atoms with Crippen molar-refractivity contribution < 1.29 is 14.6 Å². The topological polar surface area (TPSA) is 49.8 Å². The molecule has 2 rings (SSSR count). The molecule has 0 spiro atoms. The van der Waals surface area contributed by atoms with Crippen molar-refractivity contribution in [3.63, 3.8) is 0 Å². The van der Waals surface area contributed by atoms with Crippen LogP contribution < -0.4 is 0 Å². The van der Waals surface area contributed by atoms with Gasteiger partial charge < -0.3 is 14.7 Å². The average molecular weight is 277 g/mol. The summed E-state index contributed by atoms with van der Waals surface area (Å²) < 4.78 is 5.57. The Kier molecular flexibility index (Phi) is 5.15. The van der Waals surface area contributed by atoms with E-state index >= 15 is 0 Å². The summed E-state index contributed by atoms with van der Waals surface area (Å²) in [4.78, 5) is 13.5. The van der Waals surface area contributed by atoms with Crippen molar-refractivity contribution in [3.05, 3.63) is 35.4 Å². The second-order valence-electron chi connectivity index (χ2n) is 5.55. The fraction of sp³-hybridized carbons (Fsp3) is 0.562. The fourth-order valence-corrected chi connectivity index (χ4v) is 2.80. The number of carboxylic acids is 1. The molecule has 4 heteroatoms. The first-order chi connectivity index (χ1) is 9.58. The summed E-state index contributed by atoms with van der Waals surface area (Å²) in [5.41, 5.74) is 1.33. The SMILES string of the molecule is CC1CC(N(C)CCc2ccccc2C(=O)O)CCO1. The van der Waals surface area contributed by atoms with E-state index in [0.29, 0.717) is 17.7 Å². The number of carboxylic acid groups (broad SMARTS) is 1. The van der Waals surface area contributed by atoms with Gasteiger partial charge in [0.15, 0.2) is 0 Å². The summed E-state index contributed by atoms with van der Waals surface area (Å²) in [6.07, 6.45) is 3.20. The molecule has 2 unspecified atom stereocenters. The van der Waals surface area contributed by atoms with Crippen LogP contribution in [-0.4, -0.2) is 48.3 Å². The van der Waals surface area contributed by atoms with E-state index in [2.05, 4.69) is 18.9 Å². The third kappa shape index (κ3) is 3.81. The lowest BCUT2D eigenvalue weighted by atomic mass is 10.0. The highest BCUT2D eigenvalue weighted by molar-refractivity contribution is 5.89. The van der Waals surface area contributed by atoms with Gasteiger partial charge in [-0.15, -0.1) is 0 Å². The fourth-order valence-electron chi connectivity index (χ4n) is 2.80. The second kappa shape index (κ2) is 6.86. The Morgan fingerprint density at radius 3 is 2.90 bits per heavy atom. The van der Waals surface area contributed by atoms with Gasteiger partial charge >= 0.3 is 5.97 Å². The Balaban J connectivity index is 1.93. The van der Waals surface area contributed by atoms with Crippen molar-refractivity contribution in [3.8, 4) is 0 Å². The zero-order valence-electron chi connectivity index (χ0n) is 12.2. The highest BCUT2D eigenvalue weighted by atomic mass is 16.5. The Morgan fingerprint density at radius 2 is 2.20 bits per heavy atom. The summed E-state index contributed by atoms with van der Waals surface area (Å²) in [6, 6.07) is 7.79. The summed E-state index contributed by atoms with van der Waals surface area (Å²) in [5.74, 6) is -0.844. The highest BCUT2D eigenvalue weighted by Crippen LogP contribution is 2.19. The largest absolute Gasteiger partial charge is 0.478 e. The predicted molar refractivity (Wildman–Crippen MR) is 78.2 cm³/mol. The number of aromatic carboxylic acids is 1. The van der Waals surface area contributed by atoms with Gasteiger partial charge in [0, 0.05) is 19.2 Å². The molecule has 0 radical (unpaired) electrons. The second-order valence-corrected chi connectivity index (χ2v) is 5.55. The molecular formula is C16H23NO3. The zero-order valence-corrected chi connectivity index (χ0v) is 12.2. The predicted octanol–water partition coefficient (Wildman–Crippen LogP) is 2.43. The third-order valence-electron chi connectivity index (χ3n) is 4.06. The molecule has 2 atom stereocenters.